The van der Waals surface area contributed by atoms with Crippen molar-refractivity contribution in [1.82, 2.24) is 14.1 Å². The number of fused-ring (bicyclic) bond motifs is 1. The van der Waals surface area contributed by atoms with Crippen LogP contribution in [0.15, 0.2) is 53.6 Å². The van der Waals surface area contributed by atoms with Gasteiger partial charge in [-0.1, -0.05) is 35.3 Å². The minimum atomic E-state index is 0.534. The van der Waals surface area contributed by atoms with E-state index in [1.165, 1.54) is 0 Å². The minimum Gasteiger partial charge on any atom is -0.318 e. The summed E-state index contributed by atoms with van der Waals surface area (Å²) < 4.78 is 4.23. The van der Waals surface area contributed by atoms with Gasteiger partial charge in [0.15, 0.2) is 0 Å². The molecule has 0 spiro atoms. The first kappa shape index (κ1) is 19.6. The van der Waals surface area contributed by atoms with Crippen LogP contribution in [0, 0.1) is 13.8 Å². The average molecular weight is 426 g/mol. The topological polar surface area (TPSA) is 47.1 Å². The van der Waals surface area contributed by atoms with Gasteiger partial charge in [0.2, 0.25) is 5.95 Å². The van der Waals surface area contributed by atoms with Gasteiger partial charge < -0.3 is 9.13 Å². The van der Waals surface area contributed by atoms with Gasteiger partial charge in [0.1, 0.15) is 0 Å². The zero-order chi connectivity index (χ0) is 20.5. The Morgan fingerprint density at radius 1 is 1.07 bits per heavy atom. The molecule has 0 aliphatic carbocycles. The molecule has 0 atom stereocenters. The van der Waals surface area contributed by atoms with E-state index in [-0.39, 0.29) is 0 Å². The second-order valence-electron chi connectivity index (χ2n) is 6.80. The Bertz CT molecular complexity index is 1220. The third-order valence-electron chi connectivity index (χ3n) is 4.97. The molecule has 4 rings (SSSR count). The first-order chi connectivity index (χ1) is 14.0. The number of anilines is 1. The van der Waals surface area contributed by atoms with Crippen LogP contribution in [-0.4, -0.2) is 20.3 Å². The number of nitrogens with one attached hydrogen (secondary N) is 1. The number of benzene rings is 2. The van der Waals surface area contributed by atoms with Crippen molar-refractivity contribution in [3.8, 4) is 5.69 Å². The molecule has 0 saturated carbocycles. The summed E-state index contributed by atoms with van der Waals surface area (Å²) in [5.74, 6) is 0.725. The molecule has 0 amide bonds. The summed E-state index contributed by atoms with van der Waals surface area (Å²) in [4.78, 5) is 4.63. The van der Waals surface area contributed by atoms with Crippen molar-refractivity contribution in [1.29, 1.82) is 0 Å². The van der Waals surface area contributed by atoms with E-state index in [9.17, 15) is 0 Å². The second-order valence-corrected chi connectivity index (χ2v) is 7.61. The fraction of sp³-hybridized carbons (Fsp3) is 0.182. The van der Waals surface area contributed by atoms with Crippen LogP contribution in [-0.2, 0) is 6.54 Å². The maximum absolute atomic E-state index is 6.20. The number of rotatable bonds is 5. The minimum absolute atomic E-state index is 0.534. The van der Waals surface area contributed by atoms with Crippen molar-refractivity contribution in [3.63, 3.8) is 0 Å². The quantitative estimate of drug-likeness (QED) is 0.304. The zero-order valence-corrected chi connectivity index (χ0v) is 18.0. The van der Waals surface area contributed by atoms with E-state index >= 15 is 0 Å². The van der Waals surface area contributed by atoms with Gasteiger partial charge in [0.05, 0.1) is 27.3 Å². The Morgan fingerprint density at radius 3 is 2.62 bits per heavy atom. The number of nitrogens with zero attached hydrogens (tertiary/aromatic N) is 4. The van der Waals surface area contributed by atoms with Crippen molar-refractivity contribution in [2.75, 3.05) is 5.43 Å². The lowest BCUT2D eigenvalue weighted by atomic mass is 10.2. The van der Waals surface area contributed by atoms with E-state index in [1.54, 1.807) is 0 Å². The van der Waals surface area contributed by atoms with Crippen LogP contribution < -0.4 is 5.43 Å². The number of imidazole rings is 1. The van der Waals surface area contributed by atoms with E-state index in [1.807, 2.05) is 42.6 Å². The van der Waals surface area contributed by atoms with Gasteiger partial charge in [-0.2, -0.15) is 5.10 Å². The van der Waals surface area contributed by atoms with E-state index < -0.39 is 0 Å². The number of hydrogen-bond donors (Lipinski definition) is 1. The van der Waals surface area contributed by atoms with Crippen molar-refractivity contribution in [2.24, 2.45) is 5.10 Å². The van der Waals surface area contributed by atoms with E-state index in [2.05, 4.69) is 57.5 Å². The Hall–Kier alpha value is -2.76. The van der Waals surface area contributed by atoms with E-state index in [0.717, 1.165) is 46.2 Å². The molecule has 29 heavy (non-hydrogen) atoms. The lowest BCUT2D eigenvalue weighted by Gasteiger charge is -2.10. The second kappa shape index (κ2) is 7.93. The highest BCUT2D eigenvalue weighted by molar-refractivity contribution is 6.42. The van der Waals surface area contributed by atoms with Gasteiger partial charge in [0, 0.05) is 29.2 Å². The SMILES string of the molecule is CCn1c(N/N=C\c2cc(C)n(-c3ccc(Cl)c(Cl)c3)c2C)nc2ccccc21. The molecule has 2 aromatic carbocycles. The number of halogens is 2. The Labute approximate surface area is 179 Å². The first-order valence-electron chi connectivity index (χ1n) is 9.38. The molecule has 0 unspecified atom stereocenters. The van der Waals surface area contributed by atoms with Crippen LogP contribution in [0.5, 0.6) is 0 Å². The number of hydrazone groups is 1. The Kier molecular flexibility index (Phi) is 5.35. The molecule has 1 N–H and O–H groups in total. The van der Waals surface area contributed by atoms with Crippen molar-refractivity contribution >= 4 is 46.4 Å². The summed E-state index contributed by atoms with van der Waals surface area (Å²) in [6.45, 7) is 7.01. The summed E-state index contributed by atoms with van der Waals surface area (Å²) in [6.07, 6.45) is 1.82. The van der Waals surface area contributed by atoms with E-state index in [0.29, 0.717) is 10.0 Å². The van der Waals surface area contributed by atoms with Gasteiger partial charge in [-0.05, 0) is 57.2 Å². The molecule has 0 aliphatic rings. The van der Waals surface area contributed by atoms with Gasteiger partial charge in [-0.15, -0.1) is 0 Å². The molecule has 0 aliphatic heterocycles. The molecule has 4 aromatic rings. The molecule has 5 nitrogen and oxygen atoms in total. The number of hydrogen-bond acceptors (Lipinski definition) is 3. The molecule has 0 fully saturated rings. The maximum atomic E-state index is 6.20. The Morgan fingerprint density at radius 2 is 1.86 bits per heavy atom. The van der Waals surface area contributed by atoms with Crippen molar-refractivity contribution in [2.45, 2.75) is 27.3 Å². The highest BCUT2D eigenvalue weighted by atomic mass is 35.5. The summed E-state index contributed by atoms with van der Waals surface area (Å²) in [5, 5.41) is 5.52. The lowest BCUT2D eigenvalue weighted by Crippen LogP contribution is -2.02. The zero-order valence-electron chi connectivity index (χ0n) is 16.4. The number of aryl methyl sites for hydroxylation is 2. The van der Waals surface area contributed by atoms with Crippen LogP contribution in [0.2, 0.25) is 10.0 Å². The lowest BCUT2D eigenvalue weighted by molar-refractivity contribution is 0.791. The predicted molar refractivity (Wildman–Crippen MR) is 122 cm³/mol. The highest BCUT2D eigenvalue weighted by Crippen LogP contribution is 2.27. The van der Waals surface area contributed by atoms with Gasteiger partial charge in [-0.25, -0.2) is 10.4 Å². The molecular formula is C22H21Cl2N5. The first-order valence-corrected chi connectivity index (χ1v) is 10.1. The summed E-state index contributed by atoms with van der Waals surface area (Å²) in [7, 11) is 0. The molecule has 148 valence electrons. The van der Waals surface area contributed by atoms with Gasteiger partial charge in [-0.3, -0.25) is 0 Å². The van der Waals surface area contributed by atoms with E-state index in [4.69, 9.17) is 23.2 Å². The maximum Gasteiger partial charge on any atom is 0.224 e. The average Bonchev–Trinajstić information content (AvgIpc) is 3.20. The van der Waals surface area contributed by atoms with Crippen LogP contribution in [0.3, 0.4) is 0 Å². The molecule has 0 saturated heterocycles. The third kappa shape index (κ3) is 3.63. The monoisotopic (exact) mass is 425 g/mol. The normalized spacial score (nSPS) is 11.6. The largest absolute Gasteiger partial charge is 0.318 e. The van der Waals surface area contributed by atoms with Crippen LogP contribution in [0.4, 0.5) is 5.95 Å². The third-order valence-corrected chi connectivity index (χ3v) is 5.71. The molecule has 2 aromatic heterocycles. The summed E-state index contributed by atoms with van der Waals surface area (Å²) in [5.41, 5.74) is 9.26. The van der Waals surface area contributed by atoms with Crippen molar-refractivity contribution in [3.05, 3.63) is 75.5 Å². The Balaban J connectivity index is 1.62. The molecular weight excluding hydrogens is 405 g/mol. The van der Waals surface area contributed by atoms with Crippen LogP contribution >= 0.6 is 23.2 Å². The summed E-state index contributed by atoms with van der Waals surface area (Å²) in [6, 6.07) is 15.8. The molecule has 2 heterocycles. The molecule has 0 radical (unpaired) electrons. The summed E-state index contributed by atoms with van der Waals surface area (Å²) >= 11 is 12.3. The molecule has 0 bridgehead atoms. The fourth-order valence-corrected chi connectivity index (χ4v) is 3.87. The standard InChI is InChI=1S/C22H21Cl2N5/c1-4-28-21-8-6-5-7-20(21)26-22(28)27-25-13-16-11-14(2)29(15(16)3)17-9-10-18(23)19(24)12-17/h5-13H,4H2,1-3H3,(H,26,27)/b25-13-. The van der Waals surface area contributed by atoms with Gasteiger partial charge in [0.25, 0.3) is 0 Å². The smallest absolute Gasteiger partial charge is 0.224 e. The predicted octanol–water partition coefficient (Wildman–Crippen LogP) is 6.22. The number of para-hydroxylation sites is 2. The fourth-order valence-electron chi connectivity index (χ4n) is 3.58. The van der Waals surface area contributed by atoms with Crippen LogP contribution in [0.1, 0.15) is 23.9 Å². The van der Waals surface area contributed by atoms with Crippen molar-refractivity contribution < 1.29 is 0 Å². The highest BCUT2D eigenvalue weighted by Gasteiger charge is 2.11. The van der Waals surface area contributed by atoms with Crippen LogP contribution in [0.25, 0.3) is 16.7 Å². The van der Waals surface area contributed by atoms with Gasteiger partial charge >= 0.3 is 0 Å². The number of aromatic nitrogens is 3. The molecule has 7 heteroatoms.